The molecule has 0 aliphatic heterocycles. The van der Waals surface area contributed by atoms with Crippen LogP contribution in [0.25, 0.3) is 10.8 Å². The van der Waals surface area contributed by atoms with Crippen LogP contribution < -0.4 is 5.73 Å². The van der Waals surface area contributed by atoms with Crippen LogP contribution in [0.1, 0.15) is 30.1 Å². The molecule has 4 nitrogen and oxygen atoms in total. The molecule has 100 valence electrons. The molecular weight excluding hydrogens is 242 g/mol. The van der Waals surface area contributed by atoms with Crippen LogP contribution in [0.2, 0.25) is 0 Å². The highest BCUT2D eigenvalue weighted by Gasteiger charge is 2.03. The summed E-state index contributed by atoms with van der Waals surface area (Å²) in [5, 5.41) is 9.87. The maximum Gasteiger partial charge on any atom is 0.303 e. The van der Waals surface area contributed by atoms with E-state index in [0.717, 1.165) is 17.2 Å². The average Bonchev–Trinajstić information content (AvgIpc) is 2.38. The molecule has 19 heavy (non-hydrogen) atoms. The molecule has 0 bridgehead atoms. The molecule has 0 radical (unpaired) electrons. The first-order valence-corrected chi connectivity index (χ1v) is 6.05. The second kappa shape index (κ2) is 7.16. The summed E-state index contributed by atoms with van der Waals surface area (Å²) in [5.41, 5.74) is 5.82. The fourth-order valence-electron chi connectivity index (χ4n) is 1.65. The van der Waals surface area contributed by atoms with Gasteiger partial charge in [-0.25, -0.2) is 0 Å². The topological polar surface area (TPSA) is 80.4 Å². The number of primary amides is 1. The van der Waals surface area contributed by atoms with Crippen molar-refractivity contribution >= 4 is 22.6 Å². The van der Waals surface area contributed by atoms with Crippen molar-refractivity contribution < 1.29 is 14.7 Å². The number of hydrogen-bond acceptors (Lipinski definition) is 2. The standard InChI is InChI=1S/C11H9NO.C4H8O2/c12-11(13)10-7-3-5-8-4-1-2-6-9(8)10;1-2-3-4(5)6/h1-7H,(H2,12,13);2-3H2,1H3,(H,5,6). The highest BCUT2D eigenvalue weighted by atomic mass is 16.4. The average molecular weight is 259 g/mol. The first-order chi connectivity index (χ1) is 9.06. The Balaban J connectivity index is 0.000000258. The quantitative estimate of drug-likeness (QED) is 0.889. The third kappa shape index (κ3) is 4.43. The normalized spacial score (nSPS) is 9.53. The maximum atomic E-state index is 11.0. The Hall–Kier alpha value is -2.36. The molecule has 0 heterocycles. The third-order valence-electron chi connectivity index (χ3n) is 2.52. The van der Waals surface area contributed by atoms with Crippen molar-refractivity contribution in [1.29, 1.82) is 0 Å². The van der Waals surface area contributed by atoms with E-state index in [2.05, 4.69) is 0 Å². The van der Waals surface area contributed by atoms with E-state index in [9.17, 15) is 9.59 Å². The van der Waals surface area contributed by atoms with Crippen LogP contribution in [0.3, 0.4) is 0 Å². The smallest absolute Gasteiger partial charge is 0.303 e. The van der Waals surface area contributed by atoms with Gasteiger partial charge in [0.1, 0.15) is 0 Å². The molecule has 0 spiro atoms. The van der Waals surface area contributed by atoms with Crippen molar-refractivity contribution in [2.75, 3.05) is 0 Å². The molecule has 0 unspecified atom stereocenters. The molecule has 0 saturated heterocycles. The maximum absolute atomic E-state index is 11.0. The zero-order valence-electron chi connectivity index (χ0n) is 10.8. The molecule has 2 aromatic carbocycles. The van der Waals surface area contributed by atoms with Crippen molar-refractivity contribution in [3.8, 4) is 0 Å². The molecule has 0 aliphatic rings. The van der Waals surface area contributed by atoms with Crippen LogP contribution in [0.4, 0.5) is 0 Å². The number of carbonyl (C=O) groups excluding carboxylic acids is 1. The first kappa shape index (κ1) is 14.7. The number of fused-ring (bicyclic) bond motifs is 1. The van der Waals surface area contributed by atoms with Gasteiger partial charge in [0.25, 0.3) is 0 Å². The van der Waals surface area contributed by atoms with Crippen molar-refractivity contribution in [3.05, 3.63) is 48.0 Å². The van der Waals surface area contributed by atoms with Crippen LogP contribution in [-0.4, -0.2) is 17.0 Å². The number of benzene rings is 2. The van der Waals surface area contributed by atoms with E-state index in [1.807, 2.05) is 43.3 Å². The minimum Gasteiger partial charge on any atom is -0.481 e. The van der Waals surface area contributed by atoms with Crippen LogP contribution >= 0.6 is 0 Å². The van der Waals surface area contributed by atoms with Crippen LogP contribution in [0.5, 0.6) is 0 Å². The van der Waals surface area contributed by atoms with E-state index >= 15 is 0 Å². The number of carboxylic acids is 1. The molecule has 0 fully saturated rings. The van der Waals surface area contributed by atoms with E-state index in [4.69, 9.17) is 10.8 Å². The number of rotatable bonds is 3. The number of carboxylic acid groups (broad SMARTS) is 1. The molecular formula is C15H17NO3. The Labute approximate surface area is 111 Å². The molecule has 2 rings (SSSR count). The highest BCUT2D eigenvalue weighted by Crippen LogP contribution is 2.17. The lowest BCUT2D eigenvalue weighted by atomic mass is 10.0. The van der Waals surface area contributed by atoms with E-state index in [1.165, 1.54) is 0 Å². The van der Waals surface area contributed by atoms with E-state index < -0.39 is 5.97 Å². The Morgan fingerprint density at radius 2 is 1.74 bits per heavy atom. The monoisotopic (exact) mass is 259 g/mol. The van der Waals surface area contributed by atoms with E-state index in [-0.39, 0.29) is 5.91 Å². The highest BCUT2D eigenvalue weighted by molar-refractivity contribution is 6.06. The summed E-state index contributed by atoms with van der Waals surface area (Å²) in [6.45, 7) is 1.84. The molecule has 0 aromatic heterocycles. The lowest BCUT2D eigenvalue weighted by Crippen LogP contribution is -2.11. The summed E-state index contributed by atoms with van der Waals surface area (Å²) >= 11 is 0. The number of carbonyl (C=O) groups is 2. The van der Waals surface area contributed by atoms with Gasteiger partial charge in [0.15, 0.2) is 0 Å². The summed E-state index contributed by atoms with van der Waals surface area (Å²) in [6.07, 6.45) is 1.02. The predicted octanol–water partition coefficient (Wildman–Crippen LogP) is 2.81. The fourth-order valence-corrected chi connectivity index (χ4v) is 1.65. The van der Waals surface area contributed by atoms with Gasteiger partial charge in [0, 0.05) is 12.0 Å². The molecule has 0 aliphatic carbocycles. The van der Waals surface area contributed by atoms with Gasteiger partial charge in [-0.1, -0.05) is 43.3 Å². The van der Waals surface area contributed by atoms with Crippen molar-refractivity contribution in [2.45, 2.75) is 19.8 Å². The molecule has 2 aromatic rings. The number of nitrogens with two attached hydrogens (primary N) is 1. The van der Waals surface area contributed by atoms with Gasteiger partial charge in [-0.15, -0.1) is 0 Å². The van der Waals surface area contributed by atoms with Crippen molar-refractivity contribution in [2.24, 2.45) is 5.73 Å². The molecule has 0 saturated carbocycles. The van der Waals surface area contributed by atoms with Crippen LogP contribution in [0, 0.1) is 0 Å². The fraction of sp³-hybridized carbons (Fsp3) is 0.200. The zero-order chi connectivity index (χ0) is 14.3. The summed E-state index contributed by atoms with van der Waals surface area (Å²) in [6, 6.07) is 13.2. The Morgan fingerprint density at radius 3 is 2.26 bits per heavy atom. The minimum absolute atomic E-state index is 0.292. The zero-order valence-corrected chi connectivity index (χ0v) is 10.8. The number of amides is 1. The van der Waals surface area contributed by atoms with Gasteiger partial charge in [0.05, 0.1) is 0 Å². The largest absolute Gasteiger partial charge is 0.481 e. The Morgan fingerprint density at radius 1 is 1.11 bits per heavy atom. The minimum atomic E-state index is -0.711. The third-order valence-corrected chi connectivity index (χ3v) is 2.52. The van der Waals surface area contributed by atoms with E-state index in [0.29, 0.717) is 12.0 Å². The van der Waals surface area contributed by atoms with Gasteiger partial charge >= 0.3 is 5.97 Å². The lowest BCUT2D eigenvalue weighted by Gasteiger charge is -2.01. The van der Waals surface area contributed by atoms with Crippen molar-refractivity contribution in [1.82, 2.24) is 0 Å². The van der Waals surface area contributed by atoms with E-state index in [1.54, 1.807) is 6.07 Å². The Bertz CT molecular complexity index is 573. The molecule has 3 N–H and O–H groups in total. The predicted molar refractivity (Wildman–Crippen MR) is 75.0 cm³/mol. The summed E-state index contributed by atoms with van der Waals surface area (Å²) in [4.78, 5) is 20.6. The Kier molecular flexibility index (Phi) is 5.54. The van der Waals surface area contributed by atoms with Crippen LogP contribution in [-0.2, 0) is 4.79 Å². The molecule has 4 heteroatoms. The summed E-state index contributed by atoms with van der Waals surface area (Å²) in [5.74, 6) is -1.09. The van der Waals surface area contributed by atoms with Gasteiger partial charge in [-0.2, -0.15) is 0 Å². The second-order valence-electron chi connectivity index (χ2n) is 4.03. The first-order valence-electron chi connectivity index (χ1n) is 6.05. The van der Waals surface area contributed by atoms with Gasteiger partial charge in [-0.05, 0) is 23.3 Å². The molecule has 0 atom stereocenters. The van der Waals surface area contributed by atoms with Gasteiger partial charge in [0.2, 0.25) is 5.91 Å². The summed E-state index contributed by atoms with van der Waals surface area (Å²) in [7, 11) is 0. The summed E-state index contributed by atoms with van der Waals surface area (Å²) < 4.78 is 0. The van der Waals surface area contributed by atoms with Gasteiger partial charge in [-0.3, -0.25) is 9.59 Å². The number of hydrogen-bond donors (Lipinski definition) is 2. The van der Waals surface area contributed by atoms with Crippen molar-refractivity contribution in [3.63, 3.8) is 0 Å². The molecule has 1 amide bonds. The van der Waals surface area contributed by atoms with Crippen LogP contribution in [0.15, 0.2) is 42.5 Å². The van der Waals surface area contributed by atoms with Gasteiger partial charge < -0.3 is 10.8 Å². The SMILES string of the molecule is CCCC(=O)O.NC(=O)c1cccc2ccccc12. The lowest BCUT2D eigenvalue weighted by molar-refractivity contribution is -0.137. The number of aliphatic carboxylic acids is 1. The second-order valence-corrected chi connectivity index (χ2v) is 4.03.